The number of nitrogens with zero attached hydrogens (tertiary/aromatic N) is 4. The van der Waals surface area contributed by atoms with E-state index in [0.29, 0.717) is 6.54 Å². The maximum Gasteiger partial charge on any atom is 0.191 e. The Bertz CT molecular complexity index is 844. The third-order valence-corrected chi connectivity index (χ3v) is 4.61. The van der Waals surface area contributed by atoms with Crippen molar-refractivity contribution in [2.75, 3.05) is 13.1 Å². The minimum Gasteiger partial charge on any atom is -0.357 e. The van der Waals surface area contributed by atoms with Gasteiger partial charge in [-0.15, -0.1) is 35.3 Å². The summed E-state index contributed by atoms with van der Waals surface area (Å²) in [6, 6.07) is 10.2. The largest absolute Gasteiger partial charge is 0.357 e. The minimum absolute atomic E-state index is 0. The van der Waals surface area contributed by atoms with Crippen LogP contribution in [0.15, 0.2) is 53.1 Å². The summed E-state index contributed by atoms with van der Waals surface area (Å²) in [4.78, 5) is 9.18. The lowest BCUT2D eigenvalue weighted by atomic mass is 10.2. The van der Waals surface area contributed by atoms with Gasteiger partial charge < -0.3 is 10.6 Å². The normalized spacial score (nSPS) is 11.1. The quantitative estimate of drug-likeness (QED) is 0.298. The number of hydrogen-bond acceptors (Lipinski definition) is 4. The van der Waals surface area contributed by atoms with Crippen molar-refractivity contribution in [1.29, 1.82) is 0 Å². The van der Waals surface area contributed by atoms with Crippen molar-refractivity contribution in [2.24, 2.45) is 4.99 Å². The van der Waals surface area contributed by atoms with Crippen LogP contribution in [0.25, 0.3) is 5.69 Å². The first-order chi connectivity index (χ1) is 12.7. The van der Waals surface area contributed by atoms with E-state index in [1.165, 1.54) is 0 Å². The molecule has 2 heterocycles. The van der Waals surface area contributed by atoms with Gasteiger partial charge in [0.15, 0.2) is 5.96 Å². The van der Waals surface area contributed by atoms with Gasteiger partial charge in [0.25, 0.3) is 0 Å². The van der Waals surface area contributed by atoms with Crippen molar-refractivity contribution in [3.05, 3.63) is 64.4 Å². The Morgan fingerprint density at radius 3 is 2.85 bits per heavy atom. The lowest BCUT2D eigenvalue weighted by Crippen LogP contribution is -2.38. The van der Waals surface area contributed by atoms with Crippen LogP contribution in [-0.2, 0) is 13.0 Å². The van der Waals surface area contributed by atoms with Crippen LogP contribution in [0.1, 0.15) is 23.2 Å². The fourth-order valence-corrected chi connectivity index (χ4v) is 3.21. The smallest absolute Gasteiger partial charge is 0.191 e. The molecule has 0 radical (unpaired) electrons. The predicted molar refractivity (Wildman–Crippen MR) is 122 cm³/mol. The predicted octanol–water partition coefficient (Wildman–Crippen LogP) is 3.55. The molecule has 1 aromatic carbocycles. The van der Waals surface area contributed by atoms with Crippen LogP contribution < -0.4 is 10.6 Å². The molecule has 3 rings (SSSR count). The van der Waals surface area contributed by atoms with Crippen molar-refractivity contribution in [3.63, 3.8) is 0 Å². The highest BCUT2D eigenvalue weighted by atomic mass is 127. The molecule has 144 valence electrons. The van der Waals surface area contributed by atoms with Gasteiger partial charge in [-0.3, -0.25) is 0 Å². The number of aromatic nitrogens is 3. The fraction of sp³-hybridized carbons (Fsp3) is 0.316. The third-order valence-electron chi connectivity index (χ3n) is 3.78. The van der Waals surface area contributed by atoms with Crippen LogP contribution in [0.5, 0.6) is 0 Å². The molecule has 8 heteroatoms. The van der Waals surface area contributed by atoms with Crippen molar-refractivity contribution >= 4 is 41.3 Å². The Balaban J connectivity index is 0.00000261. The average molecular weight is 496 g/mol. The molecular formula is C19H25IN6S. The van der Waals surface area contributed by atoms with Crippen molar-refractivity contribution in [3.8, 4) is 5.69 Å². The number of aryl methyl sites for hydroxylation is 1. The molecule has 0 amide bonds. The zero-order valence-electron chi connectivity index (χ0n) is 15.6. The summed E-state index contributed by atoms with van der Waals surface area (Å²) in [6.07, 6.45) is 4.61. The SMILES string of the molecule is CCNC(=NCc1cccc(-n2cccn2)c1)NCCc1csc(C)n1.I. The van der Waals surface area contributed by atoms with Crippen molar-refractivity contribution < 1.29 is 0 Å². The van der Waals surface area contributed by atoms with Crippen LogP contribution >= 0.6 is 35.3 Å². The monoisotopic (exact) mass is 496 g/mol. The van der Waals surface area contributed by atoms with Crippen LogP contribution in [0, 0.1) is 6.92 Å². The molecule has 3 aromatic rings. The van der Waals surface area contributed by atoms with Crippen molar-refractivity contribution in [2.45, 2.75) is 26.8 Å². The molecule has 0 spiro atoms. The van der Waals surface area contributed by atoms with Crippen LogP contribution in [0.3, 0.4) is 0 Å². The van der Waals surface area contributed by atoms with Crippen LogP contribution in [0.2, 0.25) is 0 Å². The van der Waals surface area contributed by atoms with E-state index in [-0.39, 0.29) is 24.0 Å². The minimum atomic E-state index is 0. The molecule has 27 heavy (non-hydrogen) atoms. The van der Waals surface area contributed by atoms with Gasteiger partial charge in [-0.05, 0) is 37.6 Å². The molecule has 6 nitrogen and oxygen atoms in total. The second-order valence-electron chi connectivity index (χ2n) is 5.85. The standard InChI is InChI=1S/C19H24N6S.HI/c1-3-20-19(21-10-8-17-14-26-15(2)24-17)22-13-16-6-4-7-18(12-16)25-11-5-9-23-25;/h4-7,9,11-12,14H,3,8,10,13H2,1-2H3,(H2,20,21,22);1H. The molecule has 2 aromatic heterocycles. The molecule has 0 bridgehead atoms. The maximum atomic E-state index is 4.69. The zero-order valence-corrected chi connectivity index (χ0v) is 18.7. The van der Waals surface area contributed by atoms with E-state index in [1.54, 1.807) is 17.5 Å². The van der Waals surface area contributed by atoms with Gasteiger partial charge in [-0.1, -0.05) is 12.1 Å². The molecular weight excluding hydrogens is 471 g/mol. The summed E-state index contributed by atoms with van der Waals surface area (Å²) in [7, 11) is 0. The molecule has 0 saturated heterocycles. The van der Waals surface area contributed by atoms with Gasteiger partial charge in [0.05, 0.1) is 22.9 Å². The van der Waals surface area contributed by atoms with E-state index >= 15 is 0 Å². The van der Waals surface area contributed by atoms with Crippen molar-refractivity contribution in [1.82, 2.24) is 25.4 Å². The Labute approximate surface area is 181 Å². The molecule has 0 aliphatic heterocycles. The van der Waals surface area contributed by atoms with E-state index in [1.807, 2.05) is 36.0 Å². The number of aliphatic imine (C=N–C) groups is 1. The Morgan fingerprint density at radius 1 is 1.26 bits per heavy atom. The van der Waals surface area contributed by atoms with Gasteiger partial charge in [0, 0.05) is 37.3 Å². The lowest BCUT2D eigenvalue weighted by Gasteiger charge is -2.11. The molecule has 0 unspecified atom stereocenters. The molecule has 0 saturated carbocycles. The lowest BCUT2D eigenvalue weighted by molar-refractivity contribution is 0.789. The van der Waals surface area contributed by atoms with Gasteiger partial charge in [-0.25, -0.2) is 14.7 Å². The Morgan fingerprint density at radius 2 is 2.15 bits per heavy atom. The second-order valence-corrected chi connectivity index (χ2v) is 6.91. The first kappa shape index (κ1) is 21.4. The number of halogens is 1. The first-order valence-electron chi connectivity index (χ1n) is 8.76. The summed E-state index contributed by atoms with van der Waals surface area (Å²) in [5.74, 6) is 0.823. The highest BCUT2D eigenvalue weighted by Gasteiger charge is 2.02. The van der Waals surface area contributed by atoms with E-state index in [0.717, 1.165) is 47.4 Å². The summed E-state index contributed by atoms with van der Waals surface area (Å²) in [6.45, 7) is 6.35. The van der Waals surface area contributed by atoms with Crippen LogP contribution in [-0.4, -0.2) is 33.8 Å². The van der Waals surface area contributed by atoms with E-state index in [2.05, 4.69) is 50.1 Å². The number of hydrogen-bond donors (Lipinski definition) is 2. The number of nitrogens with one attached hydrogen (secondary N) is 2. The third kappa shape index (κ3) is 6.62. The second kappa shape index (κ2) is 11.0. The summed E-state index contributed by atoms with van der Waals surface area (Å²) in [5, 5.41) is 14.2. The number of rotatable bonds is 7. The van der Waals surface area contributed by atoms with Gasteiger partial charge in [-0.2, -0.15) is 5.10 Å². The van der Waals surface area contributed by atoms with Gasteiger partial charge in [0.2, 0.25) is 0 Å². The Hall–Kier alpha value is -1.94. The summed E-state index contributed by atoms with van der Waals surface area (Å²) in [5.41, 5.74) is 3.31. The number of guanidine groups is 1. The molecule has 0 fully saturated rings. The van der Waals surface area contributed by atoms with Gasteiger partial charge >= 0.3 is 0 Å². The molecule has 0 aliphatic rings. The highest BCUT2D eigenvalue weighted by molar-refractivity contribution is 14.0. The topological polar surface area (TPSA) is 67.1 Å². The molecule has 2 N–H and O–H groups in total. The average Bonchev–Trinajstić information content (AvgIpc) is 3.32. The highest BCUT2D eigenvalue weighted by Crippen LogP contribution is 2.10. The van der Waals surface area contributed by atoms with E-state index in [4.69, 9.17) is 0 Å². The van der Waals surface area contributed by atoms with Gasteiger partial charge in [0.1, 0.15) is 0 Å². The Kier molecular flexibility index (Phi) is 8.73. The fourth-order valence-electron chi connectivity index (χ4n) is 2.56. The molecule has 0 atom stereocenters. The summed E-state index contributed by atoms with van der Waals surface area (Å²) < 4.78 is 1.85. The summed E-state index contributed by atoms with van der Waals surface area (Å²) >= 11 is 1.69. The molecule has 0 aliphatic carbocycles. The zero-order chi connectivity index (χ0) is 18.2. The number of benzene rings is 1. The maximum absolute atomic E-state index is 4.69. The van der Waals surface area contributed by atoms with E-state index < -0.39 is 0 Å². The number of thiazole rings is 1. The first-order valence-corrected chi connectivity index (χ1v) is 9.64. The van der Waals surface area contributed by atoms with Crippen LogP contribution in [0.4, 0.5) is 0 Å². The van der Waals surface area contributed by atoms with E-state index in [9.17, 15) is 0 Å².